The number of rotatable bonds is 7. The van der Waals surface area contributed by atoms with Gasteiger partial charge in [-0.15, -0.1) is 0 Å². The van der Waals surface area contributed by atoms with E-state index in [1.807, 2.05) is 36.4 Å². The Labute approximate surface area is 164 Å². The first-order valence-electron chi connectivity index (χ1n) is 8.41. The summed E-state index contributed by atoms with van der Waals surface area (Å²) in [5.74, 6) is 1.09. The van der Waals surface area contributed by atoms with Gasteiger partial charge in [-0.2, -0.15) is 0 Å². The maximum absolute atomic E-state index is 12.6. The molecule has 27 heavy (non-hydrogen) atoms. The van der Waals surface area contributed by atoms with Gasteiger partial charge in [-0.25, -0.2) is 8.42 Å². The van der Waals surface area contributed by atoms with E-state index in [1.54, 1.807) is 43.6 Å². The second-order valence-corrected chi connectivity index (χ2v) is 8.39. The van der Waals surface area contributed by atoms with E-state index < -0.39 is 10.0 Å². The molecule has 0 aliphatic heterocycles. The van der Waals surface area contributed by atoms with Gasteiger partial charge in [-0.05, 0) is 48.9 Å². The molecule has 0 amide bonds. The van der Waals surface area contributed by atoms with Crippen molar-refractivity contribution in [3.8, 4) is 11.5 Å². The maximum Gasteiger partial charge on any atom is 0.235 e. The Hall–Kier alpha value is -2.57. The van der Waals surface area contributed by atoms with Crippen LogP contribution in [0, 0.1) is 0 Å². The summed E-state index contributed by atoms with van der Waals surface area (Å²) in [5, 5.41) is 0.332. The first kappa shape index (κ1) is 19.2. The Balaban J connectivity index is 1.91. The summed E-state index contributed by atoms with van der Waals surface area (Å²) >= 11 is 6.36. The molecular formula is C20H19ClN2O3S. The van der Waals surface area contributed by atoms with E-state index >= 15 is 0 Å². The number of ether oxygens (including phenoxy) is 1. The molecule has 0 aliphatic carbocycles. The predicted molar refractivity (Wildman–Crippen MR) is 108 cm³/mol. The van der Waals surface area contributed by atoms with Crippen LogP contribution in [0.15, 0.2) is 73.1 Å². The summed E-state index contributed by atoms with van der Waals surface area (Å²) in [6.45, 7) is 1.79. The number of hydrogen-bond donors (Lipinski definition) is 0. The molecule has 7 heteroatoms. The number of sulfonamides is 1. The van der Waals surface area contributed by atoms with E-state index in [0.717, 1.165) is 5.56 Å². The lowest BCUT2D eigenvalue weighted by atomic mass is 10.2. The van der Waals surface area contributed by atoms with Crippen molar-refractivity contribution in [2.75, 3.05) is 10.1 Å². The Morgan fingerprint density at radius 1 is 1.07 bits per heavy atom. The van der Waals surface area contributed by atoms with Crippen LogP contribution >= 0.6 is 11.6 Å². The van der Waals surface area contributed by atoms with Crippen LogP contribution in [0.1, 0.15) is 12.5 Å². The van der Waals surface area contributed by atoms with Gasteiger partial charge in [0.25, 0.3) is 0 Å². The highest BCUT2D eigenvalue weighted by Crippen LogP contribution is 2.34. The van der Waals surface area contributed by atoms with Crippen LogP contribution in [0.25, 0.3) is 0 Å². The monoisotopic (exact) mass is 402 g/mol. The van der Waals surface area contributed by atoms with Gasteiger partial charge in [-0.1, -0.05) is 35.9 Å². The van der Waals surface area contributed by atoms with Gasteiger partial charge in [0.2, 0.25) is 10.0 Å². The summed E-state index contributed by atoms with van der Waals surface area (Å²) in [7, 11) is -3.49. The zero-order chi connectivity index (χ0) is 19.3. The van der Waals surface area contributed by atoms with Crippen LogP contribution in [0.3, 0.4) is 0 Å². The van der Waals surface area contributed by atoms with E-state index in [1.165, 1.54) is 4.31 Å². The highest BCUT2D eigenvalue weighted by molar-refractivity contribution is 7.92. The molecule has 0 saturated heterocycles. The number of hydrogen-bond acceptors (Lipinski definition) is 4. The minimum atomic E-state index is -3.49. The number of halogens is 1. The van der Waals surface area contributed by atoms with Crippen LogP contribution in [0.4, 0.5) is 5.69 Å². The molecule has 0 N–H and O–H groups in total. The first-order valence-corrected chi connectivity index (χ1v) is 10.4. The molecule has 1 heterocycles. The lowest BCUT2D eigenvalue weighted by Gasteiger charge is -2.24. The second kappa shape index (κ2) is 8.41. The molecule has 0 radical (unpaired) electrons. The Bertz CT molecular complexity index is 996. The minimum Gasteiger partial charge on any atom is -0.456 e. The van der Waals surface area contributed by atoms with Crippen molar-refractivity contribution in [1.29, 1.82) is 0 Å². The third-order valence-electron chi connectivity index (χ3n) is 3.92. The molecule has 2 aromatic carbocycles. The summed E-state index contributed by atoms with van der Waals surface area (Å²) < 4.78 is 32.3. The fourth-order valence-corrected chi connectivity index (χ4v) is 3.81. The normalized spacial score (nSPS) is 11.2. The van der Waals surface area contributed by atoms with E-state index in [4.69, 9.17) is 16.3 Å². The number of para-hydroxylation sites is 1. The van der Waals surface area contributed by atoms with Gasteiger partial charge in [0, 0.05) is 12.4 Å². The lowest BCUT2D eigenvalue weighted by Crippen LogP contribution is -2.31. The van der Waals surface area contributed by atoms with Crippen molar-refractivity contribution in [3.63, 3.8) is 0 Å². The van der Waals surface area contributed by atoms with Gasteiger partial charge in [-0.3, -0.25) is 9.29 Å². The molecule has 0 spiro atoms. The molecule has 0 unspecified atom stereocenters. The highest BCUT2D eigenvalue weighted by Gasteiger charge is 2.22. The standard InChI is InChI=1S/C20H19ClN2O3S/c1-2-27(24,25)23(15-16-7-6-12-22-14-16)17-10-11-20(19(21)13-17)26-18-8-4-3-5-9-18/h3-14H,2,15H2,1H3. The minimum absolute atomic E-state index is 0.0207. The van der Waals surface area contributed by atoms with Crippen LogP contribution in [0.5, 0.6) is 11.5 Å². The molecule has 0 fully saturated rings. The molecule has 0 bridgehead atoms. The molecule has 0 saturated carbocycles. The van der Waals surface area contributed by atoms with E-state index in [2.05, 4.69) is 4.98 Å². The van der Waals surface area contributed by atoms with Crippen molar-refractivity contribution >= 4 is 27.3 Å². The van der Waals surface area contributed by atoms with Gasteiger partial charge in [0.05, 0.1) is 23.0 Å². The SMILES string of the molecule is CCS(=O)(=O)N(Cc1cccnc1)c1ccc(Oc2ccccc2)c(Cl)c1. The quantitative estimate of drug-likeness (QED) is 0.564. The Morgan fingerprint density at radius 2 is 1.85 bits per heavy atom. The van der Waals surface area contributed by atoms with E-state index in [9.17, 15) is 8.42 Å². The molecule has 0 aliphatic rings. The highest BCUT2D eigenvalue weighted by atomic mass is 35.5. The largest absolute Gasteiger partial charge is 0.456 e. The average molecular weight is 403 g/mol. The van der Waals surface area contributed by atoms with Crippen LogP contribution in [-0.2, 0) is 16.6 Å². The fraction of sp³-hybridized carbons (Fsp3) is 0.150. The number of pyridine rings is 1. The summed E-state index contributed by atoms with van der Waals surface area (Å²) in [4.78, 5) is 4.05. The topological polar surface area (TPSA) is 59.5 Å². The van der Waals surface area contributed by atoms with Gasteiger partial charge >= 0.3 is 0 Å². The third kappa shape index (κ3) is 4.78. The number of anilines is 1. The van der Waals surface area contributed by atoms with Crippen LogP contribution in [-0.4, -0.2) is 19.2 Å². The maximum atomic E-state index is 12.6. The number of aromatic nitrogens is 1. The van der Waals surface area contributed by atoms with Gasteiger partial charge in [0.15, 0.2) is 0 Å². The zero-order valence-corrected chi connectivity index (χ0v) is 16.3. The average Bonchev–Trinajstić information content (AvgIpc) is 2.69. The Kier molecular flexibility index (Phi) is 5.98. The van der Waals surface area contributed by atoms with Crippen LogP contribution < -0.4 is 9.04 Å². The van der Waals surface area contributed by atoms with Crippen molar-refractivity contribution in [2.24, 2.45) is 0 Å². The molecule has 140 valence electrons. The molecular weight excluding hydrogens is 384 g/mol. The third-order valence-corrected chi connectivity index (χ3v) is 5.96. The van der Waals surface area contributed by atoms with E-state index in [0.29, 0.717) is 22.2 Å². The van der Waals surface area contributed by atoms with E-state index in [-0.39, 0.29) is 12.3 Å². The van der Waals surface area contributed by atoms with Crippen molar-refractivity contribution < 1.29 is 13.2 Å². The van der Waals surface area contributed by atoms with Gasteiger partial charge < -0.3 is 4.74 Å². The van der Waals surface area contributed by atoms with Crippen LogP contribution in [0.2, 0.25) is 5.02 Å². The smallest absolute Gasteiger partial charge is 0.235 e. The second-order valence-electron chi connectivity index (χ2n) is 5.80. The number of nitrogens with zero attached hydrogens (tertiary/aromatic N) is 2. The Morgan fingerprint density at radius 3 is 2.48 bits per heavy atom. The molecule has 5 nitrogen and oxygen atoms in total. The summed E-state index contributed by atoms with van der Waals surface area (Å²) in [5.41, 5.74) is 1.27. The summed E-state index contributed by atoms with van der Waals surface area (Å²) in [6, 6.07) is 17.8. The molecule has 3 aromatic rings. The number of benzene rings is 2. The summed E-state index contributed by atoms with van der Waals surface area (Å²) in [6.07, 6.45) is 3.29. The lowest BCUT2D eigenvalue weighted by molar-refractivity contribution is 0.483. The molecule has 3 rings (SSSR count). The van der Waals surface area contributed by atoms with Crippen molar-refractivity contribution in [1.82, 2.24) is 4.98 Å². The zero-order valence-electron chi connectivity index (χ0n) is 14.7. The molecule has 0 atom stereocenters. The predicted octanol–water partition coefficient (Wildman–Crippen LogP) is 4.88. The van der Waals surface area contributed by atoms with Gasteiger partial charge in [0.1, 0.15) is 11.5 Å². The van der Waals surface area contributed by atoms with Crippen molar-refractivity contribution in [2.45, 2.75) is 13.5 Å². The van der Waals surface area contributed by atoms with Crippen molar-refractivity contribution in [3.05, 3.63) is 83.6 Å². The first-order chi connectivity index (χ1) is 13.0. The fourth-order valence-electron chi connectivity index (χ4n) is 2.51. The molecule has 1 aromatic heterocycles.